The maximum atomic E-state index is 5.86. The summed E-state index contributed by atoms with van der Waals surface area (Å²) in [4.78, 5) is 0. The number of thioether (sulfide) groups is 1. The quantitative estimate of drug-likeness (QED) is 0.681. The van der Waals surface area contributed by atoms with Gasteiger partial charge in [0.25, 0.3) is 0 Å². The predicted molar refractivity (Wildman–Crippen MR) is 48.3 cm³/mol. The van der Waals surface area contributed by atoms with Crippen molar-refractivity contribution in [3.05, 3.63) is 0 Å². The van der Waals surface area contributed by atoms with Gasteiger partial charge in [0.2, 0.25) is 0 Å². The van der Waals surface area contributed by atoms with E-state index in [-0.39, 0.29) is 0 Å². The summed E-state index contributed by atoms with van der Waals surface area (Å²) in [5.74, 6) is 0. The maximum Gasteiger partial charge on any atom is 0.0311 e. The molecule has 0 aromatic rings. The number of nitrogens with two attached hydrogens (primary N) is 1. The molecule has 1 rings (SSSR count). The second kappa shape index (κ2) is 2.74. The normalized spacial score (nSPS) is 24.9. The van der Waals surface area contributed by atoms with Gasteiger partial charge in [-0.3, -0.25) is 0 Å². The Hall–Kier alpha value is 0.310. The average Bonchev–Trinajstić information content (AvgIpc) is 2.46. The first-order chi connectivity index (χ1) is 4.57. The molecule has 1 aliphatic rings. The van der Waals surface area contributed by atoms with E-state index in [2.05, 4.69) is 32.5 Å². The summed E-state index contributed by atoms with van der Waals surface area (Å²) in [6.07, 6.45) is 2.65. The minimum atomic E-state index is 0.375. The van der Waals surface area contributed by atoms with Crippen molar-refractivity contribution in [2.75, 3.05) is 0 Å². The molecular formula is C8H17NS. The summed E-state index contributed by atoms with van der Waals surface area (Å²) >= 11 is 2.05. The zero-order chi connectivity index (χ0) is 7.78. The number of hydrogen-bond donors (Lipinski definition) is 1. The Balaban J connectivity index is 2.38. The Morgan fingerprint density at radius 2 is 1.80 bits per heavy atom. The summed E-state index contributed by atoms with van der Waals surface area (Å²) in [7, 11) is 0. The summed E-state index contributed by atoms with van der Waals surface area (Å²) < 4.78 is 0.466. The van der Waals surface area contributed by atoms with E-state index in [9.17, 15) is 0 Å². The van der Waals surface area contributed by atoms with Crippen molar-refractivity contribution in [3.63, 3.8) is 0 Å². The molecule has 0 aliphatic heterocycles. The van der Waals surface area contributed by atoms with Gasteiger partial charge >= 0.3 is 0 Å². The van der Waals surface area contributed by atoms with Crippen molar-refractivity contribution in [2.45, 2.75) is 49.7 Å². The van der Waals surface area contributed by atoms with Crippen LogP contribution < -0.4 is 5.73 Å². The molecule has 1 fully saturated rings. The molecule has 1 aliphatic carbocycles. The van der Waals surface area contributed by atoms with Crippen LogP contribution in [0.15, 0.2) is 0 Å². The third-order valence-corrected chi connectivity index (χ3v) is 3.76. The van der Waals surface area contributed by atoms with Crippen molar-refractivity contribution in [3.8, 4) is 0 Å². The molecule has 0 radical (unpaired) electrons. The predicted octanol–water partition coefficient (Wildman–Crippen LogP) is 2.01. The third kappa shape index (κ3) is 1.67. The van der Waals surface area contributed by atoms with E-state index in [4.69, 9.17) is 5.73 Å². The monoisotopic (exact) mass is 159 g/mol. The lowest BCUT2D eigenvalue weighted by Crippen LogP contribution is -2.31. The van der Waals surface area contributed by atoms with E-state index in [0.29, 0.717) is 10.8 Å². The summed E-state index contributed by atoms with van der Waals surface area (Å²) in [5.41, 5.74) is 5.86. The number of hydrogen-bond acceptors (Lipinski definition) is 2. The molecule has 0 aromatic carbocycles. The van der Waals surface area contributed by atoms with Gasteiger partial charge in [0.1, 0.15) is 0 Å². The fraction of sp³-hybridized carbons (Fsp3) is 1.00. The molecule has 10 heavy (non-hydrogen) atoms. The Morgan fingerprint density at radius 1 is 1.30 bits per heavy atom. The lowest BCUT2D eigenvalue weighted by Gasteiger charge is -2.20. The Kier molecular flexibility index (Phi) is 2.31. The molecule has 0 bridgehead atoms. The van der Waals surface area contributed by atoms with Crippen LogP contribution in [0.3, 0.4) is 0 Å². The van der Waals surface area contributed by atoms with E-state index >= 15 is 0 Å². The highest BCUT2D eigenvalue weighted by molar-refractivity contribution is 8.01. The first kappa shape index (κ1) is 8.41. The van der Waals surface area contributed by atoms with Crippen molar-refractivity contribution in [1.29, 1.82) is 0 Å². The summed E-state index contributed by atoms with van der Waals surface area (Å²) in [6.45, 7) is 6.61. The van der Waals surface area contributed by atoms with Crippen molar-refractivity contribution in [2.24, 2.45) is 5.73 Å². The molecule has 1 saturated carbocycles. The van der Waals surface area contributed by atoms with Gasteiger partial charge in [-0.25, -0.2) is 0 Å². The minimum absolute atomic E-state index is 0.375. The Labute approximate surface area is 67.8 Å². The topological polar surface area (TPSA) is 26.0 Å². The molecule has 0 heterocycles. The van der Waals surface area contributed by atoms with Crippen LogP contribution in [0.5, 0.6) is 0 Å². The van der Waals surface area contributed by atoms with Gasteiger partial charge < -0.3 is 5.73 Å². The SMILES string of the molecule is CC(C)SC1(C(C)N)CC1. The fourth-order valence-corrected chi connectivity index (χ4v) is 2.76. The molecule has 1 unspecified atom stereocenters. The van der Waals surface area contributed by atoms with Crippen LogP contribution in [0.4, 0.5) is 0 Å². The smallest absolute Gasteiger partial charge is 0.0311 e. The average molecular weight is 159 g/mol. The molecule has 0 amide bonds. The molecule has 2 N–H and O–H groups in total. The molecule has 0 saturated heterocycles. The van der Waals surface area contributed by atoms with Crippen molar-refractivity contribution in [1.82, 2.24) is 0 Å². The molecule has 2 heteroatoms. The van der Waals surface area contributed by atoms with Gasteiger partial charge in [0, 0.05) is 10.8 Å². The van der Waals surface area contributed by atoms with Crippen LogP contribution in [0.2, 0.25) is 0 Å². The minimum Gasteiger partial charge on any atom is -0.327 e. The number of rotatable bonds is 3. The Morgan fingerprint density at radius 3 is 1.90 bits per heavy atom. The lowest BCUT2D eigenvalue weighted by atomic mass is 10.2. The van der Waals surface area contributed by atoms with Crippen LogP contribution in [0.1, 0.15) is 33.6 Å². The van der Waals surface area contributed by atoms with E-state index in [1.54, 1.807) is 0 Å². The highest BCUT2D eigenvalue weighted by atomic mass is 32.2. The molecule has 60 valence electrons. The maximum absolute atomic E-state index is 5.86. The Bertz CT molecular complexity index is 116. The zero-order valence-electron chi connectivity index (χ0n) is 7.05. The molecular weight excluding hydrogens is 142 g/mol. The molecule has 0 spiro atoms. The first-order valence-electron chi connectivity index (χ1n) is 4.00. The summed E-state index contributed by atoms with van der Waals surface area (Å²) in [5, 5.41) is 0.730. The van der Waals surface area contributed by atoms with Gasteiger partial charge in [-0.15, -0.1) is 0 Å². The standard InChI is InChI=1S/C8H17NS/c1-6(2)10-8(4-5-8)7(3)9/h6-7H,4-5,9H2,1-3H3. The molecule has 1 nitrogen and oxygen atoms in total. The van der Waals surface area contributed by atoms with Crippen LogP contribution in [-0.4, -0.2) is 16.0 Å². The summed E-state index contributed by atoms with van der Waals surface area (Å²) in [6, 6.07) is 0.375. The largest absolute Gasteiger partial charge is 0.327 e. The third-order valence-electron chi connectivity index (χ3n) is 2.04. The zero-order valence-corrected chi connectivity index (χ0v) is 7.87. The highest BCUT2D eigenvalue weighted by Crippen LogP contribution is 2.51. The van der Waals surface area contributed by atoms with Gasteiger partial charge in [0.15, 0.2) is 0 Å². The first-order valence-corrected chi connectivity index (χ1v) is 4.88. The molecule has 1 atom stereocenters. The van der Waals surface area contributed by atoms with Crippen LogP contribution in [0, 0.1) is 0 Å². The van der Waals surface area contributed by atoms with Gasteiger partial charge in [0.05, 0.1) is 0 Å². The second-order valence-corrected chi connectivity index (χ2v) is 5.51. The van der Waals surface area contributed by atoms with E-state index in [1.165, 1.54) is 12.8 Å². The fourth-order valence-electron chi connectivity index (χ4n) is 1.27. The van der Waals surface area contributed by atoms with Crippen LogP contribution in [-0.2, 0) is 0 Å². The highest BCUT2D eigenvalue weighted by Gasteiger charge is 2.46. The van der Waals surface area contributed by atoms with Gasteiger partial charge in [-0.1, -0.05) is 13.8 Å². The van der Waals surface area contributed by atoms with Crippen molar-refractivity contribution < 1.29 is 0 Å². The second-order valence-electron chi connectivity index (χ2n) is 3.52. The van der Waals surface area contributed by atoms with Crippen LogP contribution in [0.25, 0.3) is 0 Å². The van der Waals surface area contributed by atoms with Crippen LogP contribution >= 0.6 is 11.8 Å². The lowest BCUT2D eigenvalue weighted by molar-refractivity contribution is 0.687. The van der Waals surface area contributed by atoms with E-state index in [1.807, 2.05) is 0 Å². The van der Waals surface area contributed by atoms with E-state index in [0.717, 1.165) is 5.25 Å². The van der Waals surface area contributed by atoms with Crippen molar-refractivity contribution >= 4 is 11.8 Å². The van der Waals surface area contributed by atoms with Gasteiger partial charge in [-0.2, -0.15) is 11.8 Å². The van der Waals surface area contributed by atoms with Gasteiger partial charge in [-0.05, 0) is 25.0 Å². The molecule has 0 aromatic heterocycles. The van der Waals surface area contributed by atoms with E-state index < -0.39 is 0 Å².